The van der Waals surface area contributed by atoms with E-state index < -0.39 is 11.3 Å². The molecule has 1 aliphatic carbocycles. The highest BCUT2D eigenvalue weighted by atomic mass is 16.5. The molecule has 0 bridgehead atoms. The summed E-state index contributed by atoms with van der Waals surface area (Å²) in [6, 6.07) is 22.7. The highest BCUT2D eigenvalue weighted by Crippen LogP contribution is 2.48. The lowest BCUT2D eigenvalue weighted by molar-refractivity contribution is 0.415. The van der Waals surface area contributed by atoms with Gasteiger partial charge in [0.2, 0.25) is 0 Å². The van der Waals surface area contributed by atoms with E-state index in [4.69, 9.17) is 10.5 Å². The Labute approximate surface area is 157 Å². The summed E-state index contributed by atoms with van der Waals surface area (Å²) in [7, 11) is 1.58. The molecule has 0 fully saturated rings. The van der Waals surface area contributed by atoms with Gasteiger partial charge in [-0.15, -0.1) is 0 Å². The molecule has 0 saturated heterocycles. The van der Waals surface area contributed by atoms with Crippen molar-refractivity contribution in [1.82, 2.24) is 0 Å². The minimum absolute atomic E-state index is 0.0165. The maximum absolute atomic E-state index is 9.84. The van der Waals surface area contributed by atoms with Gasteiger partial charge >= 0.3 is 0 Å². The van der Waals surface area contributed by atoms with Gasteiger partial charge in [-0.1, -0.05) is 48.5 Å². The van der Waals surface area contributed by atoms with Crippen LogP contribution in [-0.2, 0) is 0 Å². The number of methoxy groups -OCH3 is 1. The monoisotopic (exact) mass is 352 g/mol. The molecule has 0 heterocycles. The highest BCUT2D eigenvalue weighted by Gasteiger charge is 2.47. The number of benzene rings is 2. The molecule has 27 heavy (non-hydrogen) atoms. The van der Waals surface area contributed by atoms with Crippen LogP contribution in [0.15, 0.2) is 71.9 Å². The van der Waals surface area contributed by atoms with E-state index in [1.165, 1.54) is 0 Å². The Bertz CT molecular complexity index is 1030. The molecule has 0 spiro atoms. The Morgan fingerprint density at radius 3 is 2.11 bits per heavy atom. The van der Waals surface area contributed by atoms with Crippen molar-refractivity contribution in [2.24, 2.45) is 11.1 Å². The van der Waals surface area contributed by atoms with E-state index in [9.17, 15) is 15.8 Å². The van der Waals surface area contributed by atoms with Crippen LogP contribution >= 0.6 is 0 Å². The van der Waals surface area contributed by atoms with Crippen molar-refractivity contribution in [2.45, 2.75) is 5.92 Å². The summed E-state index contributed by atoms with van der Waals surface area (Å²) in [5.41, 5.74) is 6.90. The first-order valence-corrected chi connectivity index (χ1v) is 8.25. The molecule has 3 rings (SSSR count). The van der Waals surface area contributed by atoms with Gasteiger partial charge in [-0.3, -0.25) is 0 Å². The van der Waals surface area contributed by atoms with Crippen molar-refractivity contribution in [3.8, 4) is 24.0 Å². The molecule has 0 unspecified atom stereocenters. The smallest absolute Gasteiger partial charge is 0.194 e. The van der Waals surface area contributed by atoms with Crippen molar-refractivity contribution in [1.29, 1.82) is 15.8 Å². The van der Waals surface area contributed by atoms with Crippen LogP contribution in [0, 0.1) is 39.4 Å². The molecule has 2 N–H and O–H groups in total. The molecule has 2 aromatic carbocycles. The largest absolute Gasteiger partial charge is 0.497 e. The number of hydrogen-bond donors (Lipinski definition) is 1. The maximum atomic E-state index is 9.84. The topological polar surface area (TPSA) is 107 Å². The number of ether oxygens (including phenoxy) is 1. The van der Waals surface area contributed by atoms with Gasteiger partial charge < -0.3 is 10.5 Å². The third kappa shape index (κ3) is 2.80. The zero-order chi connectivity index (χ0) is 19.4. The normalized spacial score (nSPS) is 17.9. The average Bonchev–Trinajstić information content (AvgIpc) is 2.74. The average molecular weight is 352 g/mol. The van der Waals surface area contributed by atoms with Crippen molar-refractivity contribution in [3.05, 3.63) is 83.1 Å². The minimum atomic E-state index is -1.64. The summed E-state index contributed by atoms with van der Waals surface area (Å²) < 4.78 is 5.18. The molecule has 5 nitrogen and oxygen atoms in total. The Balaban J connectivity index is 2.26. The second kappa shape index (κ2) is 7.08. The fourth-order valence-electron chi connectivity index (χ4n) is 3.31. The second-order valence-electron chi connectivity index (χ2n) is 6.13. The summed E-state index contributed by atoms with van der Waals surface area (Å²) in [6.07, 6.45) is 1.79. The SMILES string of the molecule is COc1ccc(C2=C[C@@H](c3ccccc3)C(C#N)(C#N)C(N)=C2C#N)cc1. The van der Waals surface area contributed by atoms with E-state index >= 15 is 0 Å². The molecule has 130 valence electrons. The molecule has 2 aromatic rings. The number of nitrogens with zero attached hydrogens (tertiary/aromatic N) is 3. The van der Waals surface area contributed by atoms with Gasteiger partial charge in [-0.05, 0) is 28.8 Å². The first-order valence-electron chi connectivity index (χ1n) is 8.25. The third-order valence-corrected chi connectivity index (χ3v) is 4.79. The molecule has 0 aliphatic heterocycles. The number of nitrogens with two attached hydrogens (primary N) is 1. The molecule has 0 amide bonds. The molecule has 0 aromatic heterocycles. The van der Waals surface area contributed by atoms with E-state index in [0.717, 1.165) is 11.1 Å². The fourth-order valence-corrected chi connectivity index (χ4v) is 3.31. The second-order valence-corrected chi connectivity index (χ2v) is 6.13. The van der Waals surface area contributed by atoms with Crippen LogP contribution in [0.4, 0.5) is 0 Å². The molecule has 5 heteroatoms. The minimum Gasteiger partial charge on any atom is -0.497 e. The Kier molecular flexibility index (Phi) is 4.67. The Morgan fingerprint density at radius 1 is 0.963 bits per heavy atom. The predicted molar refractivity (Wildman–Crippen MR) is 101 cm³/mol. The van der Waals surface area contributed by atoms with E-state index in [0.29, 0.717) is 11.3 Å². The van der Waals surface area contributed by atoms with Gasteiger partial charge in [-0.25, -0.2) is 0 Å². The molecule has 0 radical (unpaired) electrons. The molecule has 1 atom stereocenters. The van der Waals surface area contributed by atoms with Crippen LogP contribution in [0.3, 0.4) is 0 Å². The van der Waals surface area contributed by atoms with Crippen LogP contribution in [0.5, 0.6) is 5.75 Å². The molecule has 0 saturated carbocycles. The lowest BCUT2D eigenvalue weighted by Gasteiger charge is -2.33. The van der Waals surface area contributed by atoms with Gasteiger partial charge in [0.25, 0.3) is 0 Å². The fraction of sp³-hybridized carbons (Fsp3) is 0.136. The van der Waals surface area contributed by atoms with Crippen LogP contribution < -0.4 is 10.5 Å². The number of rotatable bonds is 3. The predicted octanol–water partition coefficient (Wildman–Crippen LogP) is 3.65. The van der Waals surface area contributed by atoms with E-state index in [1.807, 2.05) is 42.5 Å². The summed E-state index contributed by atoms with van der Waals surface area (Å²) in [5, 5.41) is 29.4. The molecule has 1 aliphatic rings. The van der Waals surface area contributed by atoms with Crippen LogP contribution in [0.25, 0.3) is 5.57 Å². The van der Waals surface area contributed by atoms with Crippen molar-refractivity contribution in [2.75, 3.05) is 7.11 Å². The lowest BCUT2D eigenvalue weighted by Crippen LogP contribution is -2.35. The van der Waals surface area contributed by atoms with Crippen LogP contribution in [-0.4, -0.2) is 7.11 Å². The van der Waals surface area contributed by atoms with Crippen molar-refractivity contribution >= 4 is 5.57 Å². The van der Waals surface area contributed by atoms with E-state index in [-0.39, 0.29) is 11.3 Å². The zero-order valence-electron chi connectivity index (χ0n) is 14.7. The first-order chi connectivity index (χ1) is 13.1. The van der Waals surface area contributed by atoms with Gasteiger partial charge in [0.05, 0.1) is 30.5 Å². The van der Waals surface area contributed by atoms with E-state index in [1.54, 1.807) is 25.3 Å². The van der Waals surface area contributed by atoms with Crippen molar-refractivity contribution < 1.29 is 4.74 Å². The van der Waals surface area contributed by atoms with Crippen LogP contribution in [0.2, 0.25) is 0 Å². The van der Waals surface area contributed by atoms with Gasteiger partial charge in [0.15, 0.2) is 5.41 Å². The molecular weight excluding hydrogens is 336 g/mol. The van der Waals surface area contributed by atoms with Gasteiger partial charge in [0.1, 0.15) is 11.8 Å². The van der Waals surface area contributed by atoms with Gasteiger partial charge in [0, 0.05) is 5.92 Å². The Morgan fingerprint density at radius 2 is 1.59 bits per heavy atom. The standard InChI is InChI=1S/C22H16N4O/c1-27-17-9-7-15(8-10-17)18-11-20(16-5-3-2-4-6-16)22(13-24,14-25)21(26)19(18)12-23/h2-11,20H,26H2,1H3/t20-/m0/s1. The quantitative estimate of drug-likeness (QED) is 0.907. The lowest BCUT2D eigenvalue weighted by atomic mass is 9.65. The van der Waals surface area contributed by atoms with Crippen LogP contribution in [0.1, 0.15) is 17.0 Å². The number of allylic oxidation sites excluding steroid dienone is 4. The summed E-state index contributed by atoms with van der Waals surface area (Å²) in [4.78, 5) is 0. The van der Waals surface area contributed by atoms with Crippen molar-refractivity contribution in [3.63, 3.8) is 0 Å². The number of nitriles is 3. The molecular formula is C22H16N4O. The van der Waals surface area contributed by atoms with Gasteiger partial charge in [-0.2, -0.15) is 15.8 Å². The summed E-state index contributed by atoms with van der Waals surface area (Å²) in [5.74, 6) is 0.0940. The zero-order valence-corrected chi connectivity index (χ0v) is 14.7. The summed E-state index contributed by atoms with van der Waals surface area (Å²) >= 11 is 0. The summed E-state index contributed by atoms with van der Waals surface area (Å²) in [6.45, 7) is 0. The first kappa shape index (κ1) is 17.8. The third-order valence-electron chi connectivity index (χ3n) is 4.79. The van der Waals surface area contributed by atoms with E-state index in [2.05, 4.69) is 18.2 Å². The highest BCUT2D eigenvalue weighted by molar-refractivity contribution is 5.87. The maximum Gasteiger partial charge on any atom is 0.194 e. The number of hydrogen-bond acceptors (Lipinski definition) is 5. The Hall–Kier alpha value is -4.01.